The van der Waals surface area contributed by atoms with Crippen molar-refractivity contribution in [3.63, 3.8) is 0 Å². The molecule has 0 aliphatic carbocycles. The summed E-state index contributed by atoms with van der Waals surface area (Å²) in [7, 11) is 0. The predicted molar refractivity (Wildman–Crippen MR) is 33.0 cm³/mol. The van der Waals surface area contributed by atoms with E-state index < -0.39 is 5.97 Å². The number of nitrogens with zero attached hydrogens (tertiary/aromatic N) is 1. The summed E-state index contributed by atoms with van der Waals surface area (Å²) in [6.07, 6.45) is 2.55. The quantitative estimate of drug-likeness (QED) is 0.540. The highest BCUT2D eigenvalue weighted by Crippen LogP contribution is 2.01. The number of aromatic carboxylic acids is 1. The van der Waals surface area contributed by atoms with Crippen molar-refractivity contribution in [3.8, 4) is 0 Å². The third kappa shape index (κ3) is 1.22. The van der Waals surface area contributed by atoms with E-state index in [0.29, 0.717) is 5.69 Å². The largest absolute Gasteiger partial charge is 0.545 e. The zero-order chi connectivity index (χ0) is 7.56. The Morgan fingerprint density at radius 2 is 2.30 bits per heavy atom. The second kappa shape index (κ2) is 2.34. The van der Waals surface area contributed by atoms with Crippen molar-refractivity contribution >= 4 is 11.7 Å². The molecule has 0 saturated carbocycles. The van der Waals surface area contributed by atoms with E-state index in [9.17, 15) is 9.90 Å². The van der Waals surface area contributed by atoms with Gasteiger partial charge in [-0.1, -0.05) is 0 Å². The standard InChI is InChI=1S/C6H6N2O2/c7-5-1-4(6(9)10)2-8-3-5/h1-3H,7H2,(H,9,10)/p-1. The van der Waals surface area contributed by atoms with Gasteiger partial charge < -0.3 is 15.6 Å². The van der Waals surface area contributed by atoms with E-state index >= 15 is 0 Å². The fourth-order valence-corrected chi connectivity index (χ4v) is 0.569. The summed E-state index contributed by atoms with van der Waals surface area (Å²) in [5.74, 6) is -1.26. The summed E-state index contributed by atoms with van der Waals surface area (Å²) in [5, 5.41) is 10.1. The molecule has 1 aromatic heterocycles. The number of hydrogen-bond donors (Lipinski definition) is 1. The Morgan fingerprint density at radius 3 is 2.70 bits per heavy atom. The molecule has 0 atom stereocenters. The molecule has 0 aromatic carbocycles. The number of carbonyl (C=O) groups is 1. The van der Waals surface area contributed by atoms with Gasteiger partial charge in [-0.25, -0.2) is 0 Å². The fraction of sp³-hybridized carbons (Fsp3) is 0. The van der Waals surface area contributed by atoms with Crippen LogP contribution >= 0.6 is 0 Å². The molecule has 0 amide bonds. The molecular weight excluding hydrogens is 132 g/mol. The zero-order valence-corrected chi connectivity index (χ0v) is 5.07. The van der Waals surface area contributed by atoms with E-state index in [1.807, 2.05) is 0 Å². The van der Waals surface area contributed by atoms with Crippen molar-refractivity contribution in [1.82, 2.24) is 4.98 Å². The number of rotatable bonds is 1. The molecular formula is C6H5N2O2-. The van der Waals surface area contributed by atoms with Crippen LogP contribution in [0, 0.1) is 0 Å². The fourth-order valence-electron chi connectivity index (χ4n) is 0.569. The number of carbonyl (C=O) groups excluding carboxylic acids is 1. The van der Waals surface area contributed by atoms with Crippen LogP contribution in [-0.4, -0.2) is 11.0 Å². The molecule has 4 heteroatoms. The number of anilines is 1. The van der Waals surface area contributed by atoms with E-state index in [-0.39, 0.29) is 5.56 Å². The van der Waals surface area contributed by atoms with Gasteiger partial charge in [-0.2, -0.15) is 0 Å². The van der Waals surface area contributed by atoms with Gasteiger partial charge in [0.05, 0.1) is 11.7 Å². The highest BCUT2D eigenvalue weighted by molar-refractivity contribution is 5.86. The van der Waals surface area contributed by atoms with E-state index in [4.69, 9.17) is 5.73 Å². The number of pyridine rings is 1. The number of carboxylic acid groups (broad SMARTS) is 1. The van der Waals surface area contributed by atoms with Crippen molar-refractivity contribution in [2.45, 2.75) is 0 Å². The van der Waals surface area contributed by atoms with Crippen molar-refractivity contribution in [2.24, 2.45) is 0 Å². The van der Waals surface area contributed by atoms with Gasteiger partial charge in [0.15, 0.2) is 0 Å². The van der Waals surface area contributed by atoms with Crippen LogP contribution in [0.2, 0.25) is 0 Å². The summed E-state index contributed by atoms with van der Waals surface area (Å²) < 4.78 is 0. The molecule has 10 heavy (non-hydrogen) atoms. The van der Waals surface area contributed by atoms with Gasteiger partial charge >= 0.3 is 0 Å². The lowest BCUT2D eigenvalue weighted by atomic mass is 10.3. The van der Waals surface area contributed by atoms with Crippen molar-refractivity contribution in [1.29, 1.82) is 0 Å². The molecule has 0 aliphatic rings. The summed E-state index contributed by atoms with van der Waals surface area (Å²) in [5.41, 5.74) is 5.56. The number of nitrogen functional groups attached to an aromatic ring is 1. The van der Waals surface area contributed by atoms with Crippen LogP contribution in [0.1, 0.15) is 10.4 Å². The second-order valence-corrected chi connectivity index (χ2v) is 1.79. The molecule has 1 rings (SSSR count). The Bertz CT molecular complexity index is 260. The van der Waals surface area contributed by atoms with Gasteiger partial charge in [-0.05, 0) is 6.07 Å². The van der Waals surface area contributed by atoms with E-state index in [1.54, 1.807) is 0 Å². The molecule has 4 nitrogen and oxygen atoms in total. The third-order valence-corrected chi connectivity index (χ3v) is 0.995. The number of aromatic nitrogens is 1. The van der Waals surface area contributed by atoms with Crippen LogP contribution in [0.4, 0.5) is 5.69 Å². The highest BCUT2D eigenvalue weighted by Gasteiger charge is 1.92. The minimum Gasteiger partial charge on any atom is -0.545 e. The summed E-state index contributed by atoms with van der Waals surface area (Å²) >= 11 is 0. The first-order chi connectivity index (χ1) is 4.70. The normalized spacial score (nSPS) is 9.20. The van der Waals surface area contributed by atoms with Crippen molar-refractivity contribution < 1.29 is 9.90 Å². The Morgan fingerprint density at radius 1 is 1.60 bits per heavy atom. The molecule has 1 heterocycles. The summed E-state index contributed by atoms with van der Waals surface area (Å²) in [4.78, 5) is 13.7. The van der Waals surface area contributed by atoms with Gasteiger partial charge in [-0.3, -0.25) is 4.98 Å². The lowest BCUT2D eigenvalue weighted by Crippen LogP contribution is -2.22. The maximum Gasteiger partial charge on any atom is 0.0731 e. The van der Waals surface area contributed by atoms with E-state index in [1.165, 1.54) is 18.5 Å². The lowest BCUT2D eigenvalue weighted by Gasteiger charge is -2.00. The summed E-state index contributed by atoms with van der Waals surface area (Å²) in [6, 6.07) is 1.29. The maximum absolute atomic E-state index is 10.1. The Labute approximate surface area is 57.3 Å². The second-order valence-electron chi connectivity index (χ2n) is 1.79. The zero-order valence-electron chi connectivity index (χ0n) is 5.07. The van der Waals surface area contributed by atoms with Crippen LogP contribution in [-0.2, 0) is 0 Å². The molecule has 0 spiro atoms. The molecule has 0 radical (unpaired) electrons. The molecule has 0 aliphatic heterocycles. The van der Waals surface area contributed by atoms with Gasteiger partial charge in [0.1, 0.15) is 0 Å². The van der Waals surface area contributed by atoms with E-state index in [2.05, 4.69) is 4.98 Å². The van der Waals surface area contributed by atoms with Crippen LogP contribution < -0.4 is 10.8 Å². The van der Waals surface area contributed by atoms with Gasteiger partial charge in [0.2, 0.25) is 0 Å². The Hall–Kier alpha value is -1.58. The SMILES string of the molecule is Nc1cncc(C(=O)[O-])c1. The average Bonchev–Trinajstić information content (AvgIpc) is 1.88. The molecule has 2 N–H and O–H groups in total. The molecule has 0 saturated heterocycles. The number of nitrogens with two attached hydrogens (primary N) is 1. The van der Waals surface area contributed by atoms with Crippen LogP contribution in [0.5, 0.6) is 0 Å². The predicted octanol–water partition coefficient (Wildman–Crippen LogP) is -0.973. The molecule has 0 unspecified atom stereocenters. The lowest BCUT2D eigenvalue weighted by molar-refractivity contribution is -0.255. The van der Waals surface area contributed by atoms with Gasteiger partial charge in [0.25, 0.3) is 0 Å². The first-order valence-electron chi connectivity index (χ1n) is 2.62. The van der Waals surface area contributed by atoms with Crippen LogP contribution in [0.25, 0.3) is 0 Å². The molecule has 1 aromatic rings. The molecule has 52 valence electrons. The van der Waals surface area contributed by atoms with Crippen molar-refractivity contribution in [3.05, 3.63) is 24.0 Å². The van der Waals surface area contributed by atoms with E-state index in [0.717, 1.165) is 0 Å². The Balaban J connectivity index is 3.07. The minimum absolute atomic E-state index is 0.000000000000000222. The highest BCUT2D eigenvalue weighted by atomic mass is 16.4. The first kappa shape index (κ1) is 6.54. The first-order valence-corrected chi connectivity index (χ1v) is 2.62. The maximum atomic E-state index is 10.1. The third-order valence-electron chi connectivity index (χ3n) is 0.995. The molecule has 0 fully saturated rings. The number of hydrogen-bond acceptors (Lipinski definition) is 4. The van der Waals surface area contributed by atoms with Crippen molar-refractivity contribution in [2.75, 3.05) is 5.73 Å². The van der Waals surface area contributed by atoms with Gasteiger partial charge in [-0.15, -0.1) is 0 Å². The smallest absolute Gasteiger partial charge is 0.0731 e. The summed E-state index contributed by atoms with van der Waals surface area (Å²) in [6.45, 7) is 0. The topological polar surface area (TPSA) is 79.0 Å². The van der Waals surface area contributed by atoms with Crippen LogP contribution in [0.15, 0.2) is 18.5 Å². The average molecular weight is 137 g/mol. The minimum atomic E-state index is -1.26. The van der Waals surface area contributed by atoms with Gasteiger partial charge in [0, 0.05) is 18.0 Å². The Kier molecular flexibility index (Phi) is 1.53. The number of carboxylic acids is 1. The van der Waals surface area contributed by atoms with Crippen LogP contribution in [0.3, 0.4) is 0 Å². The molecule has 0 bridgehead atoms. The monoisotopic (exact) mass is 137 g/mol.